The fourth-order valence-corrected chi connectivity index (χ4v) is 2.64. The third-order valence-corrected chi connectivity index (χ3v) is 3.77. The highest BCUT2D eigenvalue weighted by Gasteiger charge is 2.32. The van der Waals surface area contributed by atoms with Crippen molar-refractivity contribution in [3.05, 3.63) is 35.7 Å². The second kappa shape index (κ2) is 6.47. The van der Waals surface area contributed by atoms with Crippen molar-refractivity contribution in [2.24, 2.45) is 0 Å². The molecule has 2 amide bonds. The lowest BCUT2D eigenvalue weighted by Crippen LogP contribution is -2.36. The van der Waals surface area contributed by atoms with E-state index in [4.69, 9.17) is 4.74 Å². The highest BCUT2D eigenvalue weighted by Crippen LogP contribution is 2.38. The Bertz CT molecular complexity index is 714. The normalized spacial score (nSPS) is 16.4. The number of nitrogens with one attached hydrogen (secondary N) is 3. The standard InChI is InChI=1S/C15H17N5O3/c1-23-12-4-2-3-10-11(7-13(21)18-14(10)12)15(22)16-6-5-9-8-17-20-19-9/h2-4,8,11H,5-7H2,1H3,(H,16,22)(H,18,21)(H,17,19,20). The maximum atomic E-state index is 12.5. The molecule has 8 heteroatoms. The first-order valence-corrected chi connectivity index (χ1v) is 7.28. The highest BCUT2D eigenvalue weighted by atomic mass is 16.5. The summed E-state index contributed by atoms with van der Waals surface area (Å²) in [6.45, 7) is 0.433. The number of fused-ring (bicyclic) bond motifs is 1. The molecule has 0 spiro atoms. The third kappa shape index (κ3) is 3.15. The zero-order valence-corrected chi connectivity index (χ0v) is 12.6. The molecule has 120 valence electrons. The molecule has 0 saturated carbocycles. The molecular weight excluding hydrogens is 298 g/mol. The number of hydrogen-bond acceptors (Lipinski definition) is 5. The maximum Gasteiger partial charge on any atom is 0.228 e. The van der Waals surface area contributed by atoms with E-state index in [2.05, 4.69) is 26.0 Å². The van der Waals surface area contributed by atoms with Crippen molar-refractivity contribution in [1.29, 1.82) is 0 Å². The molecule has 3 rings (SSSR count). The van der Waals surface area contributed by atoms with Crippen LogP contribution in [0.3, 0.4) is 0 Å². The Hall–Kier alpha value is -2.90. The molecule has 23 heavy (non-hydrogen) atoms. The van der Waals surface area contributed by atoms with Gasteiger partial charge in [-0.15, -0.1) is 0 Å². The molecular formula is C15H17N5O3. The van der Waals surface area contributed by atoms with E-state index in [1.807, 2.05) is 12.1 Å². The van der Waals surface area contributed by atoms with Gasteiger partial charge in [0.15, 0.2) is 0 Å². The molecule has 1 aromatic carbocycles. The number of nitrogens with zero attached hydrogens (tertiary/aromatic N) is 2. The van der Waals surface area contributed by atoms with E-state index in [0.717, 1.165) is 11.3 Å². The lowest BCUT2D eigenvalue weighted by atomic mass is 9.89. The molecule has 1 aromatic heterocycles. The molecule has 0 radical (unpaired) electrons. The van der Waals surface area contributed by atoms with Crippen molar-refractivity contribution in [3.8, 4) is 5.75 Å². The van der Waals surface area contributed by atoms with Gasteiger partial charge in [0, 0.05) is 19.4 Å². The van der Waals surface area contributed by atoms with Gasteiger partial charge >= 0.3 is 0 Å². The minimum Gasteiger partial charge on any atom is -0.495 e. The van der Waals surface area contributed by atoms with Crippen molar-refractivity contribution >= 4 is 17.5 Å². The first-order valence-electron chi connectivity index (χ1n) is 7.28. The quantitative estimate of drug-likeness (QED) is 0.748. The number of hydrogen-bond donors (Lipinski definition) is 3. The van der Waals surface area contributed by atoms with E-state index in [1.165, 1.54) is 7.11 Å². The van der Waals surface area contributed by atoms with Crippen molar-refractivity contribution in [3.63, 3.8) is 0 Å². The van der Waals surface area contributed by atoms with Crippen molar-refractivity contribution in [1.82, 2.24) is 20.7 Å². The number of anilines is 1. The smallest absolute Gasteiger partial charge is 0.228 e. The molecule has 3 N–H and O–H groups in total. The zero-order chi connectivity index (χ0) is 16.2. The van der Waals surface area contributed by atoms with E-state index in [0.29, 0.717) is 24.4 Å². The molecule has 0 aliphatic carbocycles. The number of amides is 2. The monoisotopic (exact) mass is 315 g/mol. The van der Waals surface area contributed by atoms with Gasteiger partial charge in [-0.2, -0.15) is 15.4 Å². The van der Waals surface area contributed by atoms with E-state index in [9.17, 15) is 9.59 Å². The molecule has 1 aliphatic heterocycles. The first-order chi connectivity index (χ1) is 11.2. The number of benzene rings is 1. The van der Waals surface area contributed by atoms with E-state index in [-0.39, 0.29) is 18.2 Å². The third-order valence-electron chi connectivity index (χ3n) is 3.77. The predicted octanol–water partition coefficient (Wildman–Crippen LogP) is 0.598. The lowest BCUT2D eigenvalue weighted by molar-refractivity contribution is -0.126. The summed E-state index contributed by atoms with van der Waals surface area (Å²) in [5, 5.41) is 15.8. The molecule has 2 heterocycles. The largest absolute Gasteiger partial charge is 0.495 e. The lowest BCUT2D eigenvalue weighted by Gasteiger charge is -2.26. The van der Waals surface area contributed by atoms with E-state index in [1.54, 1.807) is 12.3 Å². The molecule has 0 saturated heterocycles. The Morgan fingerprint density at radius 3 is 3.09 bits per heavy atom. The van der Waals surface area contributed by atoms with E-state index < -0.39 is 5.92 Å². The van der Waals surface area contributed by atoms with Crippen LogP contribution in [0.25, 0.3) is 0 Å². The number of aromatic amines is 1. The number of carbonyl (C=O) groups is 2. The number of carbonyl (C=O) groups excluding carboxylic acids is 2. The molecule has 1 aliphatic rings. The Morgan fingerprint density at radius 2 is 2.35 bits per heavy atom. The molecule has 0 bridgehead atoms. The van der Waals surface area contributed by atoms with Gasteiger partial charge in [0.1, 0.15) is 5.75 Å². The predicted molar refractivity (Wildman–Crippen MR) is 82.1 cm³/mol. The number of H-pyrrole nitrogens is 1. The van der Waals surface area contributed by atoms with Gasteiger partial charge in [-0.1, -0.05) is 12.1 Å². The van der Waals surface area contributed by atoms with Crippen LogP contribution in [0.5, 0.6) is 5.75 Å². The summed E-state index contributed by atoms with van der Waals surface area (Å²) in [4.78, 5) is 24.4. The molecule has 8 nitrogen and oxygen atoms in total. The van der Waals surface area contributed by atoms with Crippen LogP contribution in [-0.4, -0.2) is 40.9 Å². The van der Waals surface area contributed by atoms with Crippen molar-refractivity contribution in [2.45, 2.75) is 18.8 Å². The molecule has 1 atom stereocenters. The summed E-state index contributed by atoms with van der Waals surface area (Å²) in [5.74, 6) is -0.349. The van der Waals surface area contributed by atoms with Crippen LogP contribution in [0.1, 0.15) is 23.6 Å². The van der Waals surface area contributed by atoms with Crippen LogP contribution in [0.4, 0.5) is 5.69 Å². The van der Waals surface area contributed by atoms with Gasteiger partial charge < -0.3 is 15.4 Å². The minimum atomic E-state index is -0.522. The SMILES string of the molecule is COc1cccc2c1NC(=O)CC2C(=O)NCCc1cn[nH]n1. The van der Waals surface area contributed by atoms with Crippen LogP contribution < -0.4 is 15.4 Å². The number of aromatic nitrogens is 3. The van der Waals surface area contributed by atoms with Gasteiger partial charge in [-0.05, 0) is 11.6 Å². The van der Waals surface area contributed by atoms with Crippen LogP contribution in [0.15, 0.2) is 24.4 Å². The number of methoxy groups -OCH3 is 1. The maximum absolute atomic E-state index is 12.5. The van der Waals surface area contributed by atoms with Gasteiger partial charge in [0.2, 0.25) is 11.8 Å². The van der Waals surface area contributed by atoms with E-state index >= 15 is 0 Å². The summed E-state index contributed by atoms with van der Waals surface area (Å²) >= 11 is 0. The average molecular weight is 315 g/mol. The zero-order valence-electron chi connectivity index (χ0n) is 12.6. The Kier molecular flexibility index (Phi) is 4.22. The fraction of sp³-hybridized carbons (Fsp3) is 0.333. The van der Waals surface area contributed by atoms with Crippen LogP contribution in [-0.2, 0) is 16.0 Å². The summed E-state index contributed by atoms with van der Waals surface area (Å²) in [6.07, 6.45) is 2.31. The second-order valence-electron chi connectivity index (χ2n) is 5.23. The van der Waals surface area contributed by atoms with Gasteiger partial charge in [-0.25, -0.2) is 0 Å². The molecule has 2 aromatic rings. The summed E-state index contributed by atoms with van der Waals surface area (Å²) in [7, 11) is 1.53. The first kappa shape index (κ1) is 15.0. The van der Waals surface area contributed by atoms with Crippen molar-refractivity contribution < 1.29 is 14.3 Å². The highest BCUT2D eigenvalue weighted by molar-refractivity contribution is 6.02. The summed E-state index contributed by atoms with van der Waals surface area (Å²) in [6, 6.07) is 5.40. The average Bonchev–Trinajstić information content (AvgIpc) is 3.06. The van der Waals surface area contributed by atoms with Gasteiger partial charge in [0.25, 0.3) is 0 Å². The van der Waals surface area contributed by atoms with Crippen LogP contribution in [0, 0.1) is 0 Å². The summed E-state index contributed by atoms with van der Waals surface area (Å²) < 4.78 is 5.25. The Morgan fingerprint density at radius 1 is 1.48 bits per heavy atom. The van der Waals surface area contributed by atoms with Crippen LogP contribution >= 0.6 is 0 Å². The minimum absolute atomic E-state index is 0.121. The molecule has 1 unspecified atom stereocenters. The number of para-hydroxylation sites is 1. The number of rotatable bonds is 5. The fourth-order valence-electron chi connectivity index (χ4n) is 2.64. The van der Waals surface area contributed by atoms with Crippen molar-refractivity contribution in [2.75, 3.05) is 19.0 Å². The van der Waals surface area contributed by atoms with Gasteiger partial charge in [-0.3, -0.25) is 9.59 Å². The van der Waals surface area contributed by atoms with Crippen LogP contribution in [0.2, 0.25) is 0 Å². The Labute approximate surface area is 132 Å². The summed E-state index contributed by atoms with van der Waals surface area (Å²) in [5.41, 5.74) is 2.11. The van der Waals surface area contributed by atoms with Gasteiger partial charge in [0.05, 0.1) is 30.6 Å². The molecule has 0 fully saturated rings. The second-order valence-corrected chi connectivity index (χ2v) is 5.23. The Balaban J connectivity index is 1.72. The topological polar surface area (TPSA) is 109 Å². The number of ether oxygens (including phenoxy) is 1.